The number of amides is 2. The number of carbonyl (C=O) groups is 2. The van der Waals surface area contributed by atoms with E-state index in [-0.39, 0.29) is 13.2 Å². The Balaban J connectivity index is 2.44. The molecule has 3 N–H and O–H groups in total. The Kier molecular flexibility index (Phi) is 4.89. The third-order valence-electron chi connectivity index (χ3n) is 1.71. The third kappa shape index (κ3) is 4.81. The molecule has 0 aliphatic rings. The molecule has 1 rings (SSSR count). The number of hydrogen-bond donors (Lipinski definition) is 2. The topological polar surface area (TPSA) is 81.4 Å². The lowest BCUT2D eigenvalue weighted by Crippen LogP contribution is -2.36. The second-order valence-electron chi connectivity index (χ2n) is 3.11. The lowest BCUT2D eigenvalue weighted by atomic mass is 10.3. The molecule has 0 unspecified atom stereocenters. The van der Waals surface area contributed by atoms with E-state index >= 15 is 0 Å². The van der Waals surface area contributed by atoms with Crippen molar-refractivity contribution in [2.24, 2.45) is 5.73 Å². The Morgan fingerprint density at radius 1 is 1.47 bits per heavy atom. The molecule has 92 valence electrons. The molecule has 7 heteroatoms. The Bertz CT molecular complexity index is 440. The highest BCUT2D eigenvalue weighted by Crippen LogP contribution is 2.25. The van der Waals surface area contributed by atoms with E-state index in [4.69, 9.17) is 10.5 Å². The molecule has 0 radical (unpaired) electrons. The SMILES string of the molecule is NC(=O)CNC(=O)COc1ccc(F)cc1Br. The van der Waals surface area contributed by atoms with Crippen molar-refractivity contribution in [2.75, 3.05) is 13.2 Å². The molecular weight excluding hydrogens is 295 g/mol. The summed E-state index contributed by atoms with van der Waals surface area (Å²) < 4.78 is 18.3. The molecule has 0 spiro atoms. The average molecular weight is 305 g/mol. The fraction of sp³-hybridized carbons (Fsp3) is 0.200. The second kappa shape index (κ2) is 6.19. The van der Waals surface area contributed by atoms with Gasteiger partial charge in [0.2, 0.25) is 5.91 Å². The van der Waals surface area contributed by atoms with Gasteiger partial charge in [0.05, 0.1) is 11.0 Å². The highest BCUT2D eigenvalue weighted by molar-refractivity contribution is 9.10. The van der Waals surface area contributed by atoms with Crippen molar-refractivity contribution in [2.45, 2.75) is 0 Å². The van der Waals surface area contributed by atoms with Crippen molar-refractivity contribution in [3.05, 3.63) is 28.5 Å². The molecule has 0 fully saturated rings. The van der Waals surface area contributed by atoms with Gasteiger partial charge in [-0.1, -0.05) is 0 Å². The van der Waals surface area contributed by atoms with Crippen LogP contribution in [0.1, 0.15) is 0 Å². The van der Waals surface area contributed by atoms with Crippen molar-refractivity contribution in [1.29, 1.82) is 0 Å². The zero-order valence-electron chi connectivity index (χ0n) is 8.70. The first-order valence-corrected chi connectivity index (χ1v) is 5.41. The summed E-state index contributed by atoms with van der Waals surface area (Å²) in [5.41, 5.74) is 4.85. The fourth-order valence-electron chi connectivity index (χ4n) is 0.972. The molecule has 0 saturated heterocycles. The van der Waals surface area contributed by atoms with Crippen LogP contribution in [0.4, 0.5) is 4.39 Å². The smallest absolute Gasteiger partial charge is 0.258 e. The monoisotopic (exact) mass is 304 g/mol. The zero-order chi connectivity index (χ0) is 12.8. The molecule has 0 saturated carbocycles. The maximum absolute atomic E-state index is 12.7. The van der Waals surface area contributed by atoms with Crippen LogP contribution in [-0.2, 0) is 9.59 Å². The van der Waals surface area contributed by atoms with Crippen molar-refractivity contribution in [3.8, 4) is 5.75 Å². The Morgan fingerprint density at radius 3 is 2.76 bits per heavy atom. The van der Waals surface area contributed by atoms with E-state index in [1.165, 1.54) is 18.2 Å². The number of benzene rings is 1. The van der Waals surface area contributed by atoms with Gasteiger partial charge >= 0.3 is 0 Å². The van der Waals surface area contributed by atoms with Gasteiger partial charge in [-0.3, -0.25) is 9.59 Å². The summed E-state index contributed by atoms with van der Waals surface area (Å²) in [6, 6.07) is 3.82. The van der Waals surface area contributed by atoms with Crippen molar-refractivity contribution >= 4 is 27.7 Å². The first kappa shape index (κ1) is 13.4. The van der Waals surface area contributed by atoms with Crippen LogP contribution < -0.4 is 15.8 Å². The predicted octanol–water partition coefficient (Wildman–Crippen LogP) is 0.568. The number of nitrogens with two attached hydrogens (primary N) is 1. The predicted molar refractivity (Wildman–Crippen MR) is 61.8 cm³/mol. The Morgan fingerprint density at radius 2 is 2.18 bits per heavy atom. The maximum atomic E-state index is 12.7. The lowest BCUT2D eigenvalue weighted by Gasteiger charge is -2.07. The molecule has 1 aromatic rings. The molecule has 0 heterocycles. The van der Waals surface area contributed by atoms with Crippen LogP contribution in [0.5, 0.6) is 5.75 Å². The minimum atomic E-state index is -0.638. The van der Waals surface area contributed by atoms with Crippen LogP contribution in [0.15, 0.2) is 22.7 Å². The standard InChI is InChI=1S/C10H10BrFN2O3/c11-7-3-6(12)1-2-8(7)17-5-10(16)14-4-9(13)15/h1-3H,4-5H2,(H2,13,15)(H,14,16). The van der Waals surface area contributed by atoms with Gasteiger partial charge < -0.3 is 15.8 Å². The van der Waals surface area contributed by atoms with E-state index in [0.717, 1.165) is 0 Å². The number of hydrogen-bond acceptors (Lipinski definition) is 3. The summed E-state index contributed by atoms with van der Waals surface area (Å²) in [6.07, 6.45) is 0. The summed E-state index contributed by atoms with van der Waals surface area (Å²) in [4.78, 5) is 21.6. The van der Waals surface area contributed by atoms with Crippen LogP contribution in [0, 0.1) is 5.82 Å². The molecular formula is C10H10BrFN2O3. The summed E-state index contributed by atoms with van der Waals surface area (Å²) >= 11 is 3.09. The number of nitrogens with one attached hydrogen (secondary N) is 1. The number of rotatable bonds is 5. The number of halogens is 2. The summed E-state index contributed by atoms with van der Waals surface area (Å²) in [5.74, 6) is -1.20. The van der Waals surface area contributed by atoms with E-state index in [9.17, 15) is 14.0 Å². The first-order chi connectivity index (χ1) is 7.99. The molecule has 17 heavy (non-hydrogen) atoms. The van der Waals surface area contributed by atoms with Crippen molar-refractivity contribution in [3.63, 3.8) is 0 Å². The number of primary amides is 1. The molecule has 1 aromatic carbocycles. The second-order valence-corrected chi connectivity index (χ2v) is 3.96. The van der Waals surface area contributed by atoms with E-state index in [1.807, 2.05) is 0 Å². The van der Waals surface area contributed by atoms with Gasteiger partial charge in [0.25, 0.3) is 5.91 Å². The molecule has 0 bridgehead atoms. The Hall–Kier alpha value is -1.63. The van der Waals surface area contributed by atoms with E-state index < -0.39 is 17.6 Å². The van der Waals surface area contributed by atoms with E-state index in [2.05, 4.69) is 21.2 Å². The van der Waals surface area contributed by atoms with Gasteiger partial charge in [0.15, 0.2) is 6.61 Å². The summed E-state index contributed by atoms with van der Waals surface area (Å²) in [5, 5.41) is 2.26. The Labute approximate surface area is 105 Å². The summed E-state index contributed by atoms with van der Waals surface area (Å²) in [6.45, 7) is -0.524. The van der Waals surface area contributed by atoms with Gasteiger partial charge in [0.1, 0.15) is 11.6 Å². The molecule has 5 nitrogen and oxygen atoms in total. The highest BCUT2D eigenvalue weighted by atomic mass is 79.9. The zero-order valence-corrected chi connectivity index (χ0v) is 10.3. The molecule has 2 amide bonds. The van der Waals surface area contributed by atoms with E-state index in [0.29, 0.717) is 10.2 Å². The van der Waals surface area contributed by atoms with Crippen LogP contribution in [0.25, 0.3) is 0 Å². The van der Waals surface area contributed by atoms with Crippen molar-refractivity contribution in [1.82, 2.24) is 5.32 Å². The van der Waals surface area contributed by atoms with Crippen LogP contribution in [0.3, 0.4) is 0 Å². The van der Waals surface area contributed by atoms with Crippen LogP contribution in [0.2, 0.25) is 0 Å². The van der Waals surface area contributed by atoms with E-state index in [1.54, 1.807) is 0 Å². The minimum absolute atomic E-state index is 0.243. The number of carbonyl (C=O) groups excluding carboxylic acids is 2. The average Bonchev–Trinajstić information content (AvgIpc) is 2.25. The molecule has 0 atom stereocenters. The largest absolute Gasteiger partial charge is 0.483 e. The normalized spacial score (nSPS) is 9.76. The van der Waals surface area contributed by atoms with Gasteiger partial charge in [-0.15, -0.1) is 0 Å². The maximum Gasteiger partial charge on any atom is 0.258 e. The third-order valence-corrected chi connectivity index (χ3v) is 2.33. The van der Waals surface area contributed by atoms with Gasteiger partial charge in [-0.25, -0.2) is 4.39 Å². The van der Waals surface area contributed by atoms with Crippen LogP contribution >= 0.6 is 15.9 Å². The number of ether oxygens (including phenoxy) is 1. The quantitative estimate of drug-likeness (QED) is 0.834. The fourth-order valence-corrected chi connectivity index (χ4v) is 1.44. The minimum Gasteiger partial charge on any atom is -0.483 e. The van der Waals surface area contributed by atoms with Gasteiger partial charge in [0, 0.05) is 0 Å². The van der Waals surface area contributed by atoms with Gasteiger partial charge in [-0.2, -0.15) is 0 Å². The molecule has 0 aliphatic carbocycles. The van der Waals surface area contributed by atoms with Crippen molar-refractivity contribution < 1.29 is 18.7 Å². The van der Waals surface area contributed by atoms with Crippen LogP contribution in [-0.4, -0.2) is 25.0 Å². The molecule has 0 aromatic heterocycles. The summed E-state index contributed by atoms with van der Waals surface area (Å²) in [7, 11) is 0. The molecule has 0 aliphatic heterocycles. The van der Waals surface area contributed by atoms with Gasteiger partial charge in [-0.05, 0) is 34.1 Å². The highest BCUT2D eigenvalue weighted by Gasteiger charge is 2.06. The first-order valence-electron chi connectivity index (χ1n) is 4.62. The lowest BCUT2D eigenvalue weighted by molar-refractivity contribution is -0.126.